The Bertz CT molecular complexity index is 840. The van der Waals surface area contributed by atoms with E-state index in [2.05, 4.69) is 111 Å². The second-order valence-corrected chi connectivity index (χ2v) is 9.14. The molecule has 0 N–H and O–H groups in total. The summed E-state index contributed by atoms with van der Waals surface area (Å²) in [6.45, 7) is 6.37. The summed E-state index contributed by atoms with van der Waals surface area (Å²) < 4.78 is 0. The van der Waals surface area contributed by atoms with Crippen molar-refractivity contribution in [2.24, 2.45) is 0 Å². The molecule has 0 heterocycles. The highest BCUT2D eigenvalue weighted by molar-refractivity contribution is 7.77. The SMILES string of the molecule is C=CC/C(=C(/CCCC)c1ccccc1)P(c1ccccc1)c1ccccc1. The number of hydrogen-bond donors (Lipinski definition) is 0. The van der Waals surface area contributed by atoms with E-state index < -0.39 is 7.92 Å². The third-order valence-electron chi connectivity index (χ3n) is 4.89. The molecule has 3 aromatic carbocycles. The van der Waals surface area contributed by atoms with Gasteiger partial charge in [-0.2, -0.15) is 0 Å². The molecule has 142 valence electrons. The van der Waals surface area contributed by atoms with E-state index in [1.165, 1.54) is 39.9 Å². The minimum Gasteiger partial charge on any atom is -0.103 e. The predicted octanol–water partition coefficient (Wildman–Crippen LogP) is 7.30. The summed E-state index contributed by atoms with van der Waals surface area (Å²) in [5, 5.41) is 4.35. The van der Waals surface area contributed by atoms with Crippen LogP contribution in [0.25, 0.3) is 5.57 Å². The molecule has 0 aliphatic carbocycles. The van der Waals surface area contributed by atoms with Gasteiger partial charge in [0.1, 0.15) is 0 Å². The molecule has 0 spiro atoms. The van der Waals surface area contributed by atoms with E-state index in [1.54, 1.807) is 0 Å². The minimum absolute atomic E-state index is 0.591. The largest absolute Gasteiger partial charge is 0.103 e. The van der Waals surface area contributed by atoms with Crippen LogP contribution in [0.15, 0.2) is 109 Å². The summed E-state index contributed by atoms with van der Waals surface area (Å²) in [6, 6.07) is 32.9. The van der Waals surface area contributed by atoms with Gasteiger partial charge < -0.3 is 0 Å². The number of unbranched alkanes of at least 4 members (excludes halogenated alkanes) is 1. The second-order valence-electron chi connectivity index (χ2n) is 6.89. The highest BCUT2D eigenvalue weighted by atomic mass is 31.1. The van der Waals surface area contributed by atoms with Gasteiger partial charge in [-0.1, -0.05) is 110 Å². The number of benzene rings is 3. The molecule has 0 saturated carbocycles. The molecule has 3 rings (SSSR count). The number of allylic oxidation sites excluding steroid dienone is 3. The molecule has 28 heavy (non-hydrogen) atoms. The fraction of sp³-hybridized carbons (Fsp3) is 0.185. The first-order chi connectivity index (χ1) is 13.8. The van der Waals surface area contributed by atoms with Gasteiger partial charge in [-0.25, -0.2) is 0 Å². The van der Waals surface area contributed by atoms with Crippen molar-refractivity contribution in [3.8, 4) is 0 Å². The Morgan fingerprint density at radius 2 is 1.29 bits per heavy atom. The van der Waals surface area contributed by atoms with Gasteiger partial charge in [0.15, 0.2) is 0 Å². The van der Waals surface area contributed by atoms with Crippen molar-refractivity contribution in [3.05, 3.63) is 115 Å². The van der Waals surface area contributed by atoms with Gasteiger partial charge in [0.25, 0.3) is 0 Å². The van der Waals surface area contributed by atoms with Gasteiger partial charge in [-0.05, 0) is 54.2 Å². The summed E-state index contributed by atoms with van der Waals surface area (Å²) in [5.74, 6) is 0. The summed E-state index contributed by atoms with van der Waals surface area (Å²) in [4.78, 5) is 0. The Morgan fingerprint density at radius 3 is 1.75 bits per heavy atom. The predicted molar refractivity (Wildman–Crippen MR) is 127 cm³/mol. The lowest BCUT2D eigenvalue weighted by molar-refractivity contribution is 0.822. The lowest BCUT2D eigenvalue weighted by Gasteiger charge is -2.26. The van der Waals surface area contributed by atoms with Gasteiger partial charge in [0, 0.05) is 0 Å². The van der Waals surface area contributed by atoms with Crippen molar-refractivity contribution >= 4 is 24.1 Å². The van der Waals surface area contributed by atoms with E-state index in [4.69, 9.17) is 0 Å². The van der Waals surface area contributed by atoms with Crippen LogP contribution in [-0.4, -0.2) is 0 Å². The van der Waals surface area contributed by atoms with E-state index in [-0.39, 0.29) is 0 Å². The third-order valence-corrected chi connectivity index (χ3v) is 7.51. The van der Waals surface area contributed by atoms with Crippen molar-refractivity contribution < 1.29 is 0 Å². The van der Waals surface area contributed by atoms with E-state index >= 15 is 0 Å². The maximum absolute atomic E-state index is 4.10. The summed E-state index contributed by atoms with van der Waals surface area (Å²) in [5.41, 5.74) is 2.85. The van der Waals surface area contributed by atoms with E-state index in [9.17, 15) is 0 Å². The van der Waals surface area contributed by atoms with Crippen molar-refractivity contribution in [3.63, 3.8) is 0 Å². The van der Waals surface area contributed by atoms with Crippen LogP contribution >= 0.6 is 7.92 Å². The Kier molecular flexibility index (Phi) is 7.82. The molecular weight excluding hydrogens is 355 g/mol. The molecule has 0 radical (unpaired) electrons. The summed E-state index contributed by atoms with van der Waals surface area (Å²) >= 11 is 0. The molecule has 0 fully saturated rings. The van der Waals surface area contributed by atoms with Gasteiger partial charge in [-0.3, -0.25) is 0 Å². The molecule has 0 nitrogen and oxygen atoms in total. The number of hydrogen-bond acceptors (Lipinski definition) is 0. The number of rotatable bonds is 9. The maximum Gasteiger partial charge on any atom is -0.00864 e. The van der Waals surface area contributed by atoms with Gasteiger partial charge in [-0.15, -0.1) is 6.58 Å². The zero-order chi connectivity index (χ0) is 19.6. The molecule has 0 saturated heterocycles. The van der Waals surface area contributed by atoms with Crippen LogP contribution in [0.1, 0.15) is 38.2 Å². The molecule has 0 aromatic heterocycles. The van der Waals surface area contributed by atoms with Crippen LogP contribution in [0.5, 0.6) is 0 Å². The molecule has 0 amide bonds. The first-order valence-corrected chi connectivity index (χ1v) is 11.5. The first-order valence-electron chi connectivity index (χ1n) is 10.1. The Balaban J connectivity index is 2.23. The van der Waals surface area contributed by atoms with Crippen molar-refractivity contribution in [1.82, 2.24) is 0 Å². The van der Waals surface area contributed by atoms with Crippen LogP contribution in [-0.2, 0) is 0 Å². The Labute approximate surface area is 171 Å². The van der Waals surface area contributed by atoms with E-state index in [0.29, 0.717) is 0 Å². The monoisotopic (exact) mass is 384 g/mol. The molecule has 0 bridgehead atoms. The summed E-state index contributed by atoms with van der Waals surface area (Å²) in [7, 11) is -0.591. The van der Waals surface area contributed by atoms with Crippen LogP contribution in [0.3, 0.4) is 0 Å². The van der Waals surface area contributed by atoms with Gasteiger partial charge in [0.2, 0.25) is 0 Å². The van der Waals surface area contributed by atoms with Crippen LogP contribution in [0.4, 0.5) is 0 Å². The van der Waals surface area contributed by atoms with Crippen LogP contribution in [0, 0.1) is 0 Å². The first kappa shape index (κ1) is 20.3. The fourth-order valence-electron chi connectivity index (χ4n) is 3.55. The van der Waals surface area contributed by atoms with Gasteiger partial charge in [0.05, 0.1) is 0 Å². The summed E-state index contributed by atoms with van der Waals surface area (Å²) in [6.07, 6.45) is 6.51. The third kappa shape index (κ3) is 5.09. The van der Waals surface area contributed by atoms with E-state index in [1.807, 2.05) is 0 Å². The zero-order valence-electron chi connectivity index (χ0n) is 16.7. The maximum atomic E-state index is 4.10. The molecule has 1 heteroatoms. The highest BCUT2D eigenvalue weighted by Crippen LogP contribution is 2.49. The molecule has 3 aromatic rings. The van der Waals surface area contributed by atoms with Crippen molar-refractivity contribution in [1.29, 1.82) is 0 Å². The quantitative estimate of drug-likeness (QED) is 0.268. The van der Waals surface area contributed by atoms with E-state index in [0.717, 1.165) is 12.8 Å². The highest BCUT2D eigenvalue weighted by Gasteiger charge is 2.21. The minimum atomic E-state index is -0.591. The zero-order valence-corrected chi connectivity index (χ0v) is 17.6. The lowest BCUT2D eigenvalue weighted by atomic mass is 9.99. The van der Waals surface area contributed by atoms with Crippen molar-refractivity contribution in [2.75, 3.05) is 0 Å². The topological polar surface area (TPSA) is 0 Å². The molecule has 0 aliphatic rings. The normalized spacial score (nSPS) is 11.9. The average Bonchev–Trinajstić information content (AvgIpc) is 2.76. The smallest absolute Gasteiger partial charge is 0.00864 e. The molecule has 0 aliphatic heterocycles. The van der Waals surface area contributed by atoms with Crippen LogP contribution in [0.2, 0.25) is 0 Å². The van der Waals surface area contributed by atoms with Crippen molar-refractivity contribution in [2.45, 2.75) is 32.6 Å². The van der Waals surface area contributed by atoms with Gasteiger partial charge >= 0.3 is 0 Å². The standard InChI is InChI=1S/C27H29P/c1-3-5-22-26(23-16-9-6-10-17-23)27(15-4-2)28(24-18-11-7-12-19-24)25-20-13-8-14-21-25/h4,6-14,16-21H,2-3,5,15,22H2,1H3/b27-26+. The molecular formula is C27H29P. The Hall–Kier alpha value is -2.43. The molecule has 0 atom stereocenters. The average molecular weight is 385 g/mol. The lowest BCUT2D eigenvalue weighted by Crippen LogP contribution is -2.14. The molecule has 0 unspecified atom stereocenters. The second kappa shape index (κ2) is 10.8. The van der Waals surface area contributed by atoms with Crippen LogP contribution < -0.4 is 10.6 Å². The Morgan fingerprint density at radius 1 is 0.786 bits per heavy atom. The fourth-order valence-corrected chi connectivity index (χ4v) is 6.23.